The molecule has 0 spiro atoms. The minimum absolute atomic E-state index is 0.191. The Kier molecular flexibility index (Phi) is 5.06. The van der Waals surface area contributed by atoms with Crippen LogP contribution in [0.15, 0.2) is 18.2 Å². The van der Waals surface area contributed by atoms with E-state index in [1.165, 1.54) is 11.1 Å². The van der Waals surface area contributed by atoms with Crippen molar-refractivity contribution in [1.82, 2.24) is 10.2 Å². The summed E-state index contributed by atoms with van der Waals surface area (Å²) < 4.78 is 5.52. The van der Waals surface area contributed by atoms with Crippen LogP contribution in [0.25, 0.3) is 0 Å². The number of hydrogen-bond donors (Lipinski definition) is 1. The van der Waals surface area contributed by atoms with Gasteiger partial charge in [-0.2, -0.15) is 0 Å². The summed E-state index contributed by atoms with van der Waals surface area (Å²) in [6.07, 6.45) is 1.06. The number of nitrogens with zero attached hydrogens (tertiary/aromatic N) is 1. The van der Waals surface area contributed by atoms with E-state index >= 15 is 0 Å². The van der Waals surface area contributed by atoms with E-state index in [2.05, 4.69) is 49.2 Å². The van der Waals surface area contributed by atoms with Crippen molar-refractivity contribution in [1.29, 1.82) is 0 Å². The zero-order valence-electron chi connectivity index (χ0n) is 13.3. The zero-order chi connectivity index (χ0) is 14.6. The van der Waals surface area contributed by atoms with E-state index < -0.39 is 0 Å². The summed E-state index contributed by atoms with van der Waals surface area (Å²) in [5.41, 5.74) is 2.91. The highest BCUT2D eigenvalue weighted by atomic mass is 16.5. The first-order valence-electron chi connectivity index (χ1n) is 7.61. The summed E-state index contributed by atoms with van der Waals surface area (Å²) in [6, 6.07) is 6.63. The summed E-state index contributed by atoms with van der Waals surface area (Å²) in [4.78, 5) is 2.53. The van der Waals surface area contributed by atoms with E-state index in [1.807, 2.05) is 0 Å². The number of methoxy groups -OCH3 is 1. The predicted molar refractivity (Wildman–Crippen MR) is 84.7 cm³/mol. The molecule has 1 N–H and O–H groups in total. The van der Waals surface area contributed by atoms with Gasteiger partial charge in [-0.25, -0.2) is 0 Å². The van der Waals surface area contributed by atoms with Gasteiger partial charge in [0.2, 0.25) is 0 Å². The molecule has 0 aromatic heterocycles. The SMILES string of the molecule is COc1ccc(C(C)(C)C)cc1CCN1CCNCC1. The average molecular weight is 276 g/mol. The molecule has 0 saturated carbocycles. The summed E-state index contributed by atoms with van der Waals surface area (Å²) in [7, 11) is 1.76. The molecular formula is C17H28N2O. The van der Waals surface area contributed by atoms with Gasteiger partial charge in [-0.3, -0.25) is 0 Å². The second-order valence-corrected chi connectivity index (χ2v) is 6.62. The topological polar surface area (TPSA) is 24.5 Å². The highest BCUT2D eigenvalue weighted by Gasteiger charge is 2.16. The molecule has 0 aliphatic carbocycles. The fourth-order valence-electron chi connectivity index (χ4n) is 2.65. The van der Waals surface area contributed by atoms with Gasteiger partial charge in [-0.15, -0.1) is 0 Å². The molecule has 112 valence electrons. The summed E-state index contributed by atoms with van der Waals surface area (Å²) in [5.74, 6) is 1.02. The van der Waals surface area contributed by atoms with Crippen LogP contribution in [0.1, 0.15) is 31.9 Å². The Hall–Kier alpha value is -1.06. The van der Waals surface area contributed by atoms with E-state index in [1.54, 1.807) is 7.11 Å². The van der Waals surface area contributed by atoms with Crippen molar-refractivity contribution in [2.45, 2.75) is 32.6 Å². The van der Waals surface area contributed by atoms with Gasteiger partial charge < -0.3 is 15.0 Å². The Morgan fingerprint density at radius 2 is 1.90 bits per heavy atom. The molecule has 1 fully saturated rings. The molecule has 1 aromatic carbocycles. The van der Waals surface area contributed by atoms with E-state index in [-0.39, 0.29) is 5.41 Å². The first kappa shape index (κ1) is 15.3. The number of rotatable bonds is 4. The molecule has 0 atom stereocenters. The molecule has 1 aromatic rings. The zero-order valence-corrected chi connectivity index (χ0v) is 13.3. The van der Waals surface area contributed by atoms with Crippen LogP contribution in [0.3, 0.4) is 0 Å². The van der Waals surface area contributed by atoms with Gasteiger partial charge >= 0.3 is 0 Å². The summed E-state index contributed by atoms with van der Waals surface area (Å²) >= 11 is 0. The third-order valence-electron chi connectivity index (χ3n) is 4.05. The fourth-order valence-corrected chi connectivity index (χ4v) is 2.65. The lowest BCUT2D eigenvalue weighted by atomic mass is 9.85. The normalized spacial score (nSPS) is 17.2. The number of benzene rings is 1. The first-order valence-corrected chi connectivity index (χ1v) is 7.61. The lowest BCUT2D eigenvalue weighted by Gasteiger charge is -2.27. The highest BCUT2D eigenvalue weighted by molar-refractivity contribution is 5.39. The number of piperazine rings is 1. The molecule has 3 nitrogen and oxygen atoms in total. The molecule has 1 aliphatic rings. The number of hydrogen-bond acceptors (Lipinski definition) is 3. The molecule has 0 unspecified atom stereocenters. The van der Waals surface area contributed by atoms with Crippen LogP contribution in [0.5, 0.6) is 5.75 Å². The van der Waals surface area contributed by atoms with Crippen molar-refractivity contribution in [2.75, 3.05) is 39.8 Å². The summed E-state index contributed by atoms with van der Waals surface area (Å²) in [6.45, 7) is 12.4. The van der Waals surface area contributed by atoms with Crippen LogP contribution < -0.4 is 10.1 Å². The van der Waals surface area contributed by atoms with E-state index in [4.69, 9.17) is 4.74 Å². The van der Waals surface area contributed by atoms with Crippen molar-refractivity contribution in [3.63, 3.8) is 0 Å². The van der Waals surface area contributed by atoms with Crippen LogP contribution in [0.4, 0.5) is 0 Å². The largest absolute Gasteiger partial charge is 0.496 e. The minimum atomic E-state index is 0.191. The maximum atomic E-state index is 5.52. The first-order chi connectivity index (χ1) is 9.50. The Bertz CT molecular complexity index is 431. The van der Waals surface area contributed by atoms with E-state index in [9.17, 15) is 0 Å². The minimum Gasteiger partial charge on any atom is -0.496 e. The number of nitrogens with one attached hydrogen (secondary N) is 1. The highest BCUT2D eigenvalue weighted by Crippen LogP contribution is 2.28. The molecule has 20 heavy (non-hydrogen) atoms. The van der Waals surface area contributed by atoms with Gasteiger partial charge in [0.1, 0.15) is 5.75 Å². The van der Waals surface area contributed by atoms with Gasteiger partial charge in [0.15, 0.2) is 0 Å². The molecule has 1 heterocycles. The van der Waals surface area contributed by atoms with Gasteiger partial charge in [-0.1, -0.05) is 32.9 Å². The maximum Gasteiger partial charge on any atom is 0.122 e. The average Bonchev–Trinajstić information content (AvgIpc) is 2.45. The Labute approximate surface area is 123 Å². The maximum absolute atomic E-state index is 5.52. The lowest BCUT2D eigenvalue weighted by Crippen LogP contribution is -2.44. The molecular weight excluding hydrogens is 248 g/mol. The van der Waals surface area contributed by atoms with Crippen molar-refractivity contribution in [2.24, 2.45) is 0 Å². The molecule has 0 amide bonds. The molecule has 3 heteroatoms. The van der Waals surface area contributed by atoms with Crippen molar-refractivity contribution in [3.8, 4) is 5.75 Å². The second-order valence-electron chi connectivity index (χ2n) is 6.62. The quantitative estimate of drug-likeness (QED) is 0.914. The Morgan fingerprint density at radius 1 is 1.20 bits per heavy atom. The summed E-state index contributed by atoms with van der Waals surface area (Å²) in [5, 5.41) is 3.40. The standard InChI is InChI=1S/C17H28N2O/c1-17(2,3)15-5-6-16(20-4)14(13-15)7-10-19-11-8-18-9-12-19/h5-6,13,18H,7-12H2,1-4H3. The van der Waals surface area contributed by atoms with Crippen LogP contribution >= 0.6 is 0 Å². The van der Waals surface area contributed by atoms with E-state index in [0.29, 0.717) is 0 Å². The smallest absolute Gasteiger partial charge is 0.122 e. The van der Waals surface area contributed by atoms with Gasteiger partial charge in [0.25, 0.3) is 0 Å². The number of ether oxygens (including phenoxy) is 1. The Morgan fingerprint density at radius 3 is 2.50 bits per heavy atom. The molecule has 2 rings (SSSR count). The van der Waals surface area contributed by atoms with Gasteiger partial charge in [0, 0.05) is 32.7 Å². The molecule has 1 aliphatic heterocycles. The van der Waals surface area contributed by atoms with Crippen molar-refractivity contribution < 1.29 is 4.74 Å². The lowest BCUT2D eigenvalue weighted by molar-refractivity contribution is 0.243. The predicted octanol–water partition coefficient (Wildman–Crippen LogP) is 2.44. The van der Waals surface area contributed by atoms with Crippen LogP contribution in [0, 0.1) is 0 Å². The van der Waals surface area contributed by atoms with Crippen LogP contribution in [-0.2, 0) is 11.8 Å². The monoisotopic (exact) mass is 276 g/mol. The van der Waals surface area contributed by atoms with Crippen molar-refractivity contribution >= 4 is 0 Å². The third kappa shape index (κ3) is 3.97. The Balaban J connectivity index is 2.07. The van der Waals surface area contributed by atoms with Crippen LogP contribution in [0.2, 0.25) is 0 Å². The molecule has 0 bridgehead atoms. The fraction of sp³-hybridized carbons (Fsp3) is 0.647. The molecule has 0 radical (unpaired) electrons. The van der Waals surface area contributed by atoms with Crippen LogP contribution in [-0.4, -0.2) is 44.7 Å². The second kappa shape index (κ2) is 6.59. The third-order valence-corrected chi connectivity index (χ3v) is 4.05. The van der Waals surface area contributed by atoms with Gasteiger partial charge in [0.05, 0.1) is 7.11 Å². The van der Waals surface area contributed by atoms with E-state index in [0.717, 1.165) is 44.9 Å². The van der Waals surface area contributed by atoms with Crippen molar-refractivity contribution in [3.05, 3.63) is 29.3 Å². The van der Waals surface area contributed by atoms with Gasteiger partial charge in [-0.05, 0) is 29.0 Å². The molecule has 1 saturated heterocycles.